The predicted octanol–water partition coefficient (Wildman–Crippen LogP) is 0.436. The van der Waals surface area contributed by atoms with E-state index in [1.165, 1.54) is 0 Å². The zero-order chi connectivity index (χ0) is 13.7. The molecule has 1 aliphatic rings. The number of ether oxygens (including phenoxy) is 2. The molecule has 1 aromatic heterocycles. The van der Waals surface area contributed by atoms with Crippen LogP contribution in [0.1, 0.15) is 12.6 Å². The lowest BCUT2D eigenvalue weighted by Crippen LogP contribution is -2.27. The van der Waals surface area contributed by atoms with Crippen LogP contribution in [0.2, 0.25) is 0 Å². The summed E-state index contributed by atoms with van der Waals surface area (Å²) in [5.74, 6) is 0.877. The normalized spacial score (nSPS) is 23.0. The summed E-state index contributed by atoms with van der Waals surface area (Å²) in [5.41, 5.74) is 0.955. The monoisotopic (exact) mass is 266 g/mol. The predicted molar refractivity (Wildman–Crippen MR) is 73.2 cm³/mol. The van der Waals surface area contributed by atoms with Crippen molar-refractivity contribution in [1.29, 1.82) is 0 Å². The second kappa shape index (κ2) is 6.79. The highest BCUT2D eigenvalue weighted by Gasteiger charge is 2.33. The van der Waals surface area contributed by atoms with Gasteiger partial charge >= 0.3 is 0 Å². The van der Waals surface area contributed by atoms with E-state index in [0.717, 1.165) is 37.7 Å². The van der Waals surface area contributed by atoms with Crippen LogP contribution in [0, 0.1) is 0 Å². The van der Waals surface area contributed by atoms with Gasteiger partial charge in [0, 0.05) is 33.9 Å². The zero-order valence-corrected chi connectivity index (χ0v) is 11.8. The summed E-state index contributed by atoms with van der Waals surface area (Å²) in [4.78, 5) is 2.15. The minimum absolute atomic E-state index is 0.0910. The Morgan fingerprint density at radius 2 is 1.89 bits per heavy atom. The molecule has 1 saturated heterocycles. The molecule has 2 rings (SSSR count). The number of hydrogen-bond donors (Lipinski definition) is 1. The third kappa shape index (κ3) is 3.40. The van der Waals surface area contributed by atoms with Crippen LogP contribution < -0.4 is 10.2 Å². The summed E-state index contributed by atoms with van der Waals surface area (Å²) < 4.78 is 10.8. The second-order valence-corrected chi connectivity index (χ2v) is 4.62. The first-order valence-electron chi connectivity index (χ1n) is 6.62. The number of hydrogen-bond acceptors (Lipinski definition) is 6. The topological polar surface area (TPSA) is 59.5 Å². The summed E-state index contributed by atoms with van der Waals surface area (Å²) in [5, 5.41) is 11.7. The van der Waals surface area contributed by atoms with Crippen molar-refractivity contribution in [2.45, 2.75) is 25.7 Å². The molecule has 0 amide bonds. The van der Waals surface area contributed by atoms with Crippen LogP contribution in [-0.4, -0.2) is 56.3 Å². The highest BCUT2D eigenvalue weighted by Crippen LogP contribution is 2.21. The summed E-state index contributed by atoms with van der Waals surface area (Å²) in [6.07, 6.45) is 0.182. The molecule has 0 radical (unpaired) electrons. The van der Waals surface area contributed by atoms with Crippen molar-refractivity contribution in [3.05, 3.63) is 17.8 Å². The van der Waals surface area contributed by atoms with Gasteiger partial charge in [0.1, 0.15) is 12.2 Å². The highest BCUT2D eigenvalue weighted by molar-refractivity contribution is 5.39. The average molecular weight is 266 g/mol. The Kier molecular flexibility index (Phi) is 5.07. The molecule has 0 spiro atoms. The Morgan fingerprint density at radius 3 is 2.37 bits per heavy atom. The van der Waals surface area contributed by atoms with E-state index in [0.29, 0.717) is 0 Å². The van der Waals surface area contributed by atoms with Gasteiger partial charge in [0.05, 0.1) is 5.69 Å². The maximum absolute atomic E-state index is 5.42. The van der Waals surface area contributed by atoms with Gasteiger partial charge in [-0.1, -0.05) is 6.92 Å². The van der Waals surface area contributed by atoms with E-state index in [4.69, 9.17) is 9.47 Å². The van der Waals surface area contributed by atoms with Gasteiger partial charge in [-0.05, 0) is 18.7 Å². The van der Waals surface area contributed by atoms with Gasteiger partial charge < -0.3 is 19.7 Å². The van der Waals surface area contributed by atoms with Gasteiger partial charge in [0.15, 0.2) is 5.82 Å². The Morgan fingerprint density at radius 1 is 1.21 bits per heavy atom. The average Bonchev–Trinajstić information content (AvgIpc) is 2.89. The fourth-order valence-electron chi connectivity index (χ4n) is 2.25. The van der Waals surface area contributed by atoms with Crippen LogP contribution in [0.4, 0.5) is 5.82 Å². The van der Waals surface area contributed by atoms with Crippen molar-refractivity contribution < 1.29 is 9.47 Å². The van der Waals surface area contributed by atoms with Crippen LogP contribution in [0.15, 0.2) is 12.1 Å². The van der Waals surface area contributed by atoms with Crippen LogP contribution in [-0.2, 0) is 16.0 Å². The standard InChI is InChI=1S/C13H22N4O2/c1-4-14-7-10-5-6-13(16-15-10)17-8-11(18-2)12(9-17)19-3/h5-6,11-12,14H,4,7-9H2,1-3H3. The first-order valence-corrected chi connectivity index (χ1v) is 6.62. The fourth-order valence-corrected chi connectivity index (χ4v) is 2.25. The number of nitrogens with one attached hydrogen (secondary N) is 1. The lowest BCUT2D eigenvalue weighted by molar-refractivity contribution is -0.00461. The van der Waals surface area contributed by atoms with E-state index in [-0.39, 0.29) is 12.2 Å². The molecule has 6 heteroatoms. The first kappa shape index (κ1) is 14.2. The molecule has 1 N–H and O–H groups in total. The maximum atomic E-state index is 5.42. The van der Waals surface area contributed by atoms with Crippen molar-refractivity contribution in [2.75, 3.05) is 38.8 Å². The highest BCUT2D eigenvalue weighted by atomic mass is 16.5. The van der Waals surface area contributed by atoms with Crippen molar-refractivity contribution >= 4 is 5.82 Å². The van der Waals surface area contributed by atoms with E-state index >= 15 is 0 Å². The van der Waals surface area contributed by atoms with Crippen LogP contribution in [0.3, 0.4) is 0 Å². The fraction of sp³-hybridized carbons (Fsp3) is 0.692. The quantitative estimate of drug-likeness (QED) is 0.806. The molecular weight excluding hydrogens is 244 g/mol. The first-order chi connectivity index (χ1) is 9.28. The number of rotatable bonds is 6. The van der Waals surface area contributed by atoms with Crippen molar-refractivity contribution in [2.24, 2.45) is 0 Å². The number of aromatic nitrogens is 2. The van der Waals surface area contributed by atoms with Crippen molar-refractivity contribution in [3.63, 3.8) is 0 Å². The molecule has 2 heterocycles. The molecule has 6 nitrogen and oxygen atoms in total. The smallest absolute Gasteiger partial charge is 0.151 e. The molecule has 1 aromatic rings. The Labute approximate surface area is 114 Å². The summed E-state index contributed by atoms with van der Waals surface area (Å²) in [6, 6.07) is 4.01. The number of anilines is 1. The Balaban J connectivity index is 1.99. The van der Waals surface area contributed by atoms with Crippen LogP contribution >= 0.6 is 0 Å². The van der Waals surface area contributed by atoms with Gasteiger partial charge in [0.2, 0.25) is 0 Å². The van der Waals surface area contributed by atoms with Crippen LogP contribution in [0.5, 0.6) is 0 Å². The Hall–Kier alpha value is -1.24. The molecule has 0 saturated carbocycles. The third-order valence-electron chi connectivity index (χ3n) is 3.41. The van der Waals surface area contributed by atoms with E-state index < -0.39 is 0 Å². The largest absolute Gasteiger partial charge is 0.377 e. The van der Waals surface area contributed by atoms with Crippen molar-refractivity contribution in [1.82, 2.24) is 15.5 Å². The van der Waals surface area contributed by atoms with Crippen molar-refractivity contribution in [3.8, 4) is 0 Å². The van der Waals surface area contributed by atoms with Crippen LogP contribution in [0.25, 0.3) is 0 Å². The number of methoxy groups -OCH3 is 2. The molecule has 0 aromatic carbocycles. The molecule has 0 bridgehead atoms. The van der Waals surface area contributed by atoms with E-state index in [1.54, 1.807) is 14.2 Å². The summed E-state index contributed by atoms with van der Waals surface area (Å²) in [6.45, 7) is 5.33. The molecule has 2 atom stereocenters. The molecule has 1 fully saturated rings. The summed E-state index contributed by atoms with van der Waals surface area (Å²) in [7, 11) is 3.43. The molecule has 0 aliphatic carbocycles. The van der Waals surface area contributed by atoms with E-state index in [9.17, 15) is 0 Å². The van der Waals surface area contributed by atoms with Gasteiger partial charge in [-0.2, -0.15) is 5.10 Å². The molecule has 2 unspecified atom stereocenters. The van der Waals surface area contributed by atoms with Gasteiger partial charge in [0.25, 0.3) is 0 Å². The van der Waals surface area contributed by atoms with E-state index in [1.807, 2.05) is 12.1 Å². The van der Waals surface area contributed by atoms with Gasteiger partial charge in [-0.25, -0.2) is 0 Å². The summed E-state index contributed by atoms with van der Waals surface area (Å²) >= 11 is 0. The minimum atomic E-state index is 0.0910. The van der Waals surface area contributed by atoms with Gasteiger partial charge in [-0.15, -0.1) is 5.10 Å². The molecule has 19 heavy (non-hydrogen) atoms. The lowest BCUT2D eigenvalue weighted by Gasteiger charge is -2.16. The Bertz CT molecular complexity index is 373. The minimum Gasteiger partial charge on any atom is -0.377 e. The lowest BCUT2D eigenvalue weighted by atomic mass is 10.3. The van der Waals surface area contributed by atoms with E-state index in [2.05, 4.69) is 27.3 Å². The number of nitrogens with zero attached hydrogens (tertiary/aromatic N) is 3. The molecule has 1 aliphatic heterocycles. The van der Waals surface area contributed by atoms with Gasteiger partial charge in [-0.3, -0.25) is 0 Å². The maximum Gasteiger partial charge on any atom is 0.151 e. The third-order valence-corrected chi connectivity index (χ3v) is 3.41. The second-order valence-electron chi connectivity index (χ2n) is 4.62. The zero-order valence-electron chi connectivity index (χ0n) is 11.8. The molecule has 106 valence electrons. The SMILES string of the molecule is CCNCc1ccc(N2CC(OC)C(OC)C2)nn1. The molecular formula is C13H22N4O2.